The van der Waals surface area contributed by atoms with Gasteiger partial charge in [-0.05, 0) is 125 Å². The molecule has 3 fully saturated rings. The molecule has 9 heteroatoms. The largest absolute Gasteiger partial charge is 0.508 e. The Balaban J connectivity index is 1.34. The van der Waals surface area contributed by atoms with Crippen LogP contribution in [0.5, 0.6) is 5.75 Å². The molecule has 0 saturated heterocycles. The Kier molecular flexibility index (Phi) is 8.71. The van der Waals surface area contributed by atoms with E-state index in [0.717, 1.165) is 0 Å². The number of aliphatic hydroxyl groups excluding tert-OH is 2. The van der Waals surface area contributed by atoms with Crippen LogP contribution in [0.2, 0.25) is 0 Å². The lowest BCUT2D eigenvalue weighted by molar-refractivity contribution is -0.181. The summed E-state index contributed by atoms with van der Waals surface area (Å²) < 4.78 is 5.63. The molecule has 1 aromatic rings. The lowest BCUT2D eigenvalue weighted by atomic mass is 9.45. The van der Waals surface area contributed by atoms with Gasteiger partial charge in [0, 0.05) is 17.4 Å². The molecule has 1 aromatic carbocycles. The van der Waals surface area contributed by atoms with E-state index in [-0.39, 0.29) is 36.7 Å². The van der Waals surface area contributed by atoms with Crippen molar-refractivity contribution in [3.8, 4) is 5.75 Å². The molecule has 45 heavy (non-hydrogen) atoms. The zero-order chi connectivity index (χ0) is 33.2. The van der Waals surface area contributed by atoms with Gasteiger partial charge in [0.15, 0.2) is 5.78 Å². The number of benzene rings is 1. The highest BCUT2D eigenvalue weighted by Crippen LogP contribution is 2.68. The molecule has 10 atom stereocenters. The maximum absolute atomic E-state index is 13.8. The van der Waals surface area contributed by atoms with E-state index >= 15 is 0 Å². The van der Waals surface area contributed by atoms with E-state index in [9.17, 15) is 40.2 Å². The topological polar surface area (TPSA) is 165 Å². The fourth-order valence-electron chi connectivity index (χ4n) is 9.37. The number of carbonyl (C=O) groups is 2. The number of phenols is 1. The van der Waals surface area contributed by atoms with Crippen LogP contribution in [-0.4, -0.2) is 77.5 Å². The second-order valence-corrected chi connectivity index (χ2v) is 15.5. The average Bonchev–Trinajstić information content (AvgIpc) is 3.24. The van der Waals surface area contributed by atoms with Gasteiger partial charge in [-0.3, -0.25) is 4.79 Å². The van der Waals surface area contributed by atoms with Gasteiger partial charge in [0.25, 0.3) is 0 Å². The quantitative estimate of drug-likeness (QED) is 0.186. The van der Waals surface area contributed by atoms with Crippen molar-refractivity contribution in [2.24, 2.45) is 28.6 Å². The maximum Gasteiger partial charge on any atom is 0.331 e. The number of ketones is 1. The zero-order valence-electron chi connectivity index (χ0n) is 27.1. The number of allylic oxidation sites excluding steroid dienone is 1. The van der Waals surface area contributed by atoms with Gasteiger partial charge in [-0.15, -0.1) is 0 Å². The number of fused-ring (bicyclic) bond motifs is 5. The minimum Gasteiger partial charge on any atom is -0.508 e. The second kappa shape index (κ2) is 11.6. The molecule has 0 heterocycles. The highest BCUT2D eigenvalue weighted by Gasteiger charge is 2.69. The monoisotopic (exact) mass is 626 g/mol. The first-order valence-electron chi connectivity index (χ1n) is 16.3. The highest BCUT2D eigenvalue weighted by molar-refractivity contribution is 5.95. The van der Waals surface area contributed by atoms with Crippen molar-refractivity contribution >= 4 is 17.8 Å². The van der Waals surface area contributed by atoms with Gasteiger partial charge in [0.1, 0.15) is 11.9 Å². The normalized spacial score (nSPS) is 38.5. The fraction of sp³-hybridized carbons (Fsp3) is 0.667. The van der Waals surface area contributed by atoms with Crippen molar-refractivity contribution < 1.29 is 45.0 Å². The van der Waals surface area contributed by atoms with Crippen molar-refractivity contribution in [3.63, 3.8) is 0 Å². The van der Waals surface area contributed by atoms with Gasteiger partial charge in [0.05, 0.1) is 29.0 Å². The highest BCUT2D eigenvalue weighted by atomic mass is 16.6. The Morgan fingerprint density at radius 3 is 2.40 bits per heavy atom. The molecule has 3 saturated carbocycles. The first-order valence-corrected chi connectivity index (χ1v) is 16.3. The summed E-state index contributed by atoms with van der Waals surface area (Å²) in [4.78, 5) is 26.5. The van der Waals surface area contributed by atoms with Crippen molar-refractivity contribution in [1.29, 1.82) is 0 Å². The van der Waals surface area contributed by atoms with Crippen LogP contribution in [0.3, 0.4) is 0 Å². The standard InChI is InChI=1S/C36H50O9/c1-32(2,42)15-14-30(40)35(5,43)29-13-17-36(44)24-18-26(38)25-19-28(45-31(41)11-8-21-6-9-22(37)10-7-21)27(39)20-33(25,3)23(24)12-16-34(29,36)4/h6-11,18,23,25,27-30,37,39-40,42-44H,12-17,19-20H2,1-5H3/t23-,25+,27-,28+,29-,30+,33+,34+,35+,36+/m0/s1. The summed E-state index contributed by atoms with van der Waals surface area (Å²) in [5.41, 5.74) is -3.97. The third-order valence-electron chi connectivity index (χ3n) is 12.1. The SMILES string of the molecule is CC(C)(O)CC[C@@H](O)[C@](C)(O)[C@H]1CC[C@@]2(O)C3=CC(=O)[C@H]4C[C@@H](OC(=O)C=Cc5ccc(O)cc5)[C@@H](O)C[C@]4(C)[C@H]3CC[C@]12C. The lowest BCUT2D eigenvalue weighted by Gasteiger charge is -2.60. The summed E-state index contributed by atoms with van der Waals surface area (Å²) in [6.45, 7) is 8.89. The van der Waals surface area contributed by atoms with Crippen molar-refractivity contribution in [3.05, 3.63) is 47.6 Å². The van der Waals surface area contributed by atoms with Crippen LogP contribution in [0.4, 0.5) is 0 Å². The predicted octanol–water partition coefficient (Wildman–Crippen LogP) is 3.82. The van der Waals surface area contributed by atoms with Gasteiger partial charge in [-0.2, -0.15) is 0 Å². The molecule has 248 valence electrons. The summed E-state index contributed by atoms with van der Waals surface area (Å²) in [5.74, 6) is -1.79. The molecular weight excluding hydrogens is 576 g/mol. The van der Waals surface area contributed by atoms with E-state index in [1.54, 1.807) is 45.1 Å². The van der Waals surface area contributed by atoms with E-state index in [1.807, 2.05) is 13.8 Å². The molecule has 0 aliphatic heterocycles. The minimum absolute atomic E-state index is 0.115. The Morgan fingerprint density at radius 1 is 1.09 bits per heavy atom. The molecule has 0 aromatic heterocycles. The Morgan fingerprint density at radius 2 is 1.76 bits per heavy atom. The van der Waals surface area contributed by atoms with Crippen LogP contribution in [0, 0.1) is 28.6 Å². The number of aromatic hydroxyl groups is 1. The molecular formula is C36H50O9. The average molecular weight is 627 g/mol. The summed E-state index contributed by atoms with van der Waals surface area (Å²) in [6.07, 6.45) is 4.41. The molecule has 0 radical (unpaired) electrons. The molecule has 6 N–H and O–H groups in total. The number of hydrogen-bond acceptors (Lipinski definition) is 9. The Hall–Kier alpha value is -2.56. The minimum atomic E-state index is -1.52. The van der Waals surface area contributed by atoms with Crippen LogP contribution < -0.4 is 0 Å². The van der Waals surface area contributed by atoms with Crippen molar-refractivity contribution in [2.75, 3.05) is 0 Å². The number of rotatable bonds is 8. The number of ether oxygens (including phenoxy) is 1. The number of esters is 1. The van der Waals surface area contributed by atoms with E-state index in [2.05, 4.69) is 0 Å². The number of carbonyl (C=O) groups excluding carboxylic acids is 2. The van der Waals surface area contributed by atoms with E-state index in [1.165, 1.54) is 18.2 Å². The van der Waals surface area contributed by atoms with Crippen molar-refractivity contribution in [2.45, 2.75) is 121 Å². The maximum atomic E-state index is 13.8. The van der Waals surface area contributed by atoms with Gasteiger partial charge in [-0.25, -0.2) is 4.79 Å². The summed E-state index contributed by atoms with van der Waals surface area (Å²) in [5, 5.41) is 66.1. The van der Waals surface area contributed by atoms with Crippen LogP contribution in [0.15, 0.2) is 42.0 Å². The summed E-state index contributed by atoms with van der Waals surface area (Å²) in [6, 6.07) is 6.33. The van der Waals surface area contributed by atoms with Crippen LogP contribution in [0.25, 0.3) is 6.08 Å². The third-order valence-corrected chi connectivity index (χ3v) is 12.1. The molecule has 0 unspecified atom stereocenters. The van der Waals surface area contributed by atoms with Crippen LogP contribution >= 0.6 is 0 Å². The van der Waals surface area contributed by atoms with E-state index < -0.39 is 63.8 Å². The van der Waals surface area contributed by atoms with Gasteiger partial charge in [0.2, 0.25) is 0 Å². The van der Waals surface area contributed by atoms with Crippen LogP contribution in [-0.2, 0) is 14.3 Å². The smallest absolute Gasteiger partial charge is 0.331 e. The first-order chi connectivity index (χ1) is 20.8. The molecule has 4 aliphatic rings. The van der Waals surface area contributed by atoms with Gasteiger partial charge < -0.3 is 35.4 Å². The van der Waals surface area contributed by atoms with E-state index in [4.69, 9.17) is 4.74 Å². The number of aliphatic hydroxyl groups is 5. The number of hydrogen-bond donors (Lipinski definition) is 6. The zero-order valence-corrected chi connectivity index (χ0v) is 27.1. The Labute approximate surface area is 265 Å². The summed E-state index contributed by atoms with van der Waals surface area (Å²) >= 11 is 0. The predicted molar refractivity (Wildman–Crippen MR) is 168 cm³/mol. The summed E-state index contributed by atoms with van der Waals surface area (Å²) in [7, 11) is 0. The molecule has 4 aliphatic carbocycles. The lowest BCUT2D eigenvalue weighted by Crippen LogP contribution is -2.63. The number of phenolic OH excluding ortho intramolecular Hbond substituents is 1. The van der Waals surface area contributed by atoms with Crippen LogP contribution in [0.1, 0.15) is 91.5 Å². The van der Waals surface area contributed by atoms with Gasteiger partial charge >= 0.3 is 5.97 Å². The fourth-order valence-corrected chi connectivity index (χ4v) is 9.37. The second-order valence-electron chi connectivity index (χ2n) is 15.5. The molecule has 0 spiro atoms. The molecule has 9 nitrogen and oxygen atoms in total. The first kappa shape index (κ1) is 33.8. The van der Waals surface area contributed by atoms with Gasteiger partial charge in [-0.1, -0.05) is 26.0 Å². The Bertz CT molecular complexity index is 1360. The van der Waals surface area contributed by atoms with Crippen molar-refractivity contribution in [1.82, 2.24) is 0 Å². The molecule has 5 rings (SSSR count). The molecule has 0 amide bonds. The van der Waals surface area contributed by atoms with E-state index in [0.29, 0.717) is 43.2 Å². The molecule has 0 bridgehead atoms. The third kappa shape index (κ3) is 5.91.